The number of H-pyrrole nitrogens is 2. The van der Waals surface area contributed by atoms with E-state index in [0.29, 0.717) is 23.3 Å². The third-order valence-electron chi connectivity index (χ3n) is 11.8. The summed E-state index contributed by atoms with van der Waals surface area (Å²) in [5.74, 6) is 10.8. The predicted molar refractivity (Wildman–Crippen MR) is 324 cm³/mol. The zero-order valence-corrected chi connectivity index (χ0v) is 49.4. The predicted octanol–water partition coefficient (Wildman–Crippen LogP) is 18.9. The lowest BCUT2D eigenvalue weighted by Crippen LogP contribution is -1.90. The Kier molecular flexibility index (Phi) is 19.2. The molecule has 0 amide bonds. The van der Waals surface area contributed by atoms with Crippen LogP contribution in [-0.2, 0) is 0 Å². The molecule has 0 saturated carbocycles. The van der Waals surface area contributed by atoms with Gasteiger partial charge < -0.3 is 9.97 Å². The number of nitrogens with zero attached hydrogens (tertiary/aromatic N) is 6. The first-order valence-electron chi connectivity index (χ1n) is 25.9. The van der Waals surface area contributed by atoms with Crippen LogP contribution in [0.15, 0.2) is 87.7 Å². The summed E-state index contributed by atoms with van der Waals surface area (Å²) >= 11 is 15.4. The molecule has 0 saturated heterocycles. The molecule has 4 aromatic carbocycles. The van der Waals surface area contributed by atoms with Crippen LogP contribution in [0.1, 0.15) is 107 Å². The molecule has 8 nitrogen and oxygen atoms in total. The molecule has 0 atom stereocenters. The average Bonchev–Trinajstić information content (AvgIpc) is 4.11. The van der Waals surface area contributed by atoms with E-state index in [0.717, 1.165) is 164 Å². The molecule has 0 aliphatic carbocycles. The Labute approximate surface area is 460 Å². The topological polar surface area (TPSA) is 109 Å². The summed E-state index contributed by atoms with van der Waals surface area (Å²) in [7, 11) is 0. The molecule has 72 heavy (non-hydrogen) atoms. The van der Waals surface area contributed by atoms with Gasteiger partial charge in [-0.25, -0.2) is 29.9 Å². The van der Waals surface area contributed by atoms with Gasteiger partial charge in [-0.3, -0.25) is 0 Å². The second kappa shape index (κ2) is 25.7. The molecule has 0 radical (unpaired) electrons. The fraction of sp³-hybridized carbons (Fsp3) is 0.429. The third kappa shape index (κ3) is 11.9. The Bertz CT molecular complexity index is 3030. The van der Waals surface area contributed by atoms with Crippen LogP contribution in [0.4, 0.5) is 0 Å². The lowest BCUT2D eigenvalue weighted by Gasteiger charge is -2.12. The molecule has 0 unspecified atom stereocenters. The summed E-state index contributed by atoms with van der Waals surface area (Å²) in [4.78, 5) is 50.9. The van der Waals surface area contributed by atoms with E-state index in [2.05, 4.69) is 114 Å². The minimum atomic E-state index is 0.625. The van der Waals surface area contributed by atoms with E-state index < -0.39 is 0 Å². The molecule has 9 rings (SSSR count). The van der Waals surface area contributed by atoms with Gasteiger partial charge in [0.2, 0.25) is 0 Å². The molecule has 0 fully saturated rings. The Morgan fingerprint density at radius 2 is 0.458 bits per heavy atom. The second-order valence-corrected chi connectivity index (χ2v) is 26.9. The quantitative estimate of drug-likeness (QED) is 0.0560. The lowest BCUT2D eigenvalue weighted by molar-refractivity contribution is 1.09. The average molecular weight is 1110 g/mol. The maximum absolute atomic E-state index is 5.62. The number of fused-ring (bicyclic) bond motifs is 20. The second-order valence-electron chi connectivity index (χ2n) is 17.8. The SMILES string of the molecule is CCCSc1cc2c(cc1SCCC)-c1nc-2nc2nc(nc3[nH]c(nc4[nH]c(n1)c1cc(SCCC)c(SCCC)cc41)c1cc(SCCC)c(SCCC)cc31)-c1cc(SCCC)c(SCCC)cc1-2. The van der Waals surface area contributed by atoms with Crippen LogP contribution in [0.25, 0.3) is 89.7 Å². The van der Waals surface area contributed by atoms with Crippen molar-refractivity contribution in [3.05, 3.63) is 48.5 Å². The van der Waals surface area contributed by atoms with Gasteiger partial charge in [0.25, 0.3) is 0 Å². The van der Waals surface area contributed by atoms with E-state index in [4.69, 9.17) is 29.9 Å². The number of aromatic amines is 2. The van der Waals surface area contributed by atoms with E-state index in [1.54, 1.807) is 0 Å². The third-order valence-corrected chi connectivity index (χ3v) is 22.4. The van der Waals surface area contributed by atoms with Crippen LogP contribution in [-0.4, -0.2) is 85.9 Å². The molecule has 8 bridgehead atoms. The summed E-state index contributed by atoms with van der Waals surface area (Å²) in [5.41, 5.74) is 6.94. The fourth-order valence-corrected chi connectivity index (χ4v) is 16.4. The van der Waals surface area contributed by atoms with Gasteiger partial charge in [-0.2, -0.15) is 0 Å². The Morgan fingerprint density at radius 3 is 0.681 bits per heavy atom. The summed E-state index contributed by atoms with van der Waals surface area (Å²) < 4.78 is 0. The highest BCUT2D eigenvalue weighted by atomic mass is 32.2. The van der Waals surface area contributed by atoms with E-state index in [1.165, 1.54) is 39.2 Å². The maximum Gasteiger partial charge on any atom is 0.164 e. The number of thioether (sulfide) groups is 8. The standard InChI is InChI=1S/C56H66N8S8/c1-9-17-65-41-25-33-34(26-42(41)66-18-10-2)50-57-49(33)61-51-35-27-43(67-19-11-3)44(68-20-12-4)28-36(35)53(58-51)63-55-39-31-47(71-23-15-7)48(72-24-16-8)32-40(39)56(60-55)64-54-38-30-46(70-22-14-6)45(69-21-13-5)29-37(38)52(59-54)62-50/h25-32H,9-24H2,1-8H3,(H2,57,58,59,60,61,62,63,64). The molecule has 3 aromatic heterocycles. The van der Waals surface area contributed by atoms with Crippen LogP contribution in [0.5, 0.6) is 0 Å². The van der Waals surface area contributed by atoms with Crippen molar-refractivity contribution in [3.8, 4) is 45.6 Å². The van der Waals surface area contributed by atoms with Gasteiger partial charge >= 0.3 is 0 Å². The van der Waals surface area contributed by atoms with Crippen molar-refractivity contribution in [2.75, 3.05) is 46.0 Å². The van der Waals surface area contributed by atoms with Crippen molar-refractivity contribution >= 4 is 138 Å². The van der Waals surface area contributed by atoms with Crippen molar-refractivity contribution in [3.63, 3.8) is 0 Å². The van der Waals surface area contributed by atoms with Crippen molar-refractivity contribution in [1.29, 1.82) is 0 Å². The van der Waals surface area contributed by atoms with Gasteiger partial charge in [0.15, 0.2) is 23.3 Å². The molecule has 2 aliphatic rings. The van der Waals surface area contributed by atoms with Gasteiger partial charge in [-0.05, 0) is 146 Å². The number of benzene rings is 4. The first-order valence-corrected chi connectivity index (χ1v) is 33.8. The van der Waals surface area contributed by atoms with Crippen molar-refractivity contribution in [1.82, 2.24) is 39.9 Å². The fourth-order valence-electron chi connectivity index (χ4n) is 8.41. The number of hydrogen-bond donors (Lipinski definition) is 2. The molecule has 378 valence electrons. The normalized spacial score (nSPS) is 12.1. The first kappa shape index (κ1) is 53.9. The van der Waals surface area contributed by atoms with Crippen molar-refractivity contribution < 1.29 is 0 Å². The largest absolute Gasteiger partial charge is 0.324 e. The zero-order valence-electron chi connectivity index (χ0n) is 42.9. The van der Waals surface area contributed by atoms with Gasteiger partial charge in [0.1, 0.15) is 22.6 Å². The zero-order chi connectivity index (χ0) is 50.1. The first-order chi connectivity index (χ1) is 35.3. The van der Waals surface area contributed by atoms with Gasteiger partial charge in [0, 0.05) is 83.0 Å². The summed E-state index contributed by atoms with van der Waals surface area (Å²) in [6, 6.07) is 18.7. The summed E-state index contributed by atoms with van der Waals surface area (Å²) in [6.07, 6.45) is 8.72. The Balaban J connectivity index is 1.44. The molecule has 2 N–H and O–H groups in total. The summed E-state index contributed by atoms with van der Waals surface area (Å²) in [6.45, 7) is 18.0. The lowest BCUT2D eigenvalue weighted by atomic mass is 10.1. The molecule has 5 heterocycles. The van der Waals surface area contributed by atoms with E-state index in [9.17, 15) is 0 Å². The number of rotatable bonds is 24. The highest BCUT2D eigenvalue weighted by Gasteiger charge is 2.27. The van der Waals surface area contributed by atoms with Crippen molar-refractivity contribution in [2.24, 2.45) is 0 Å². The molecular weight excluding hydrogens is 1040 g/mol. The van der Waals surface area contributed by atoms with Gasteiger partial charge in [-0.1, -0.05) is 55.4 Å². The number of nitrogens with one attached hydrogen (secondary N) is 2. The molecular formula is C56H66N8S8. The van der Waals surface area contributed by atoms with E-state index in [1.807, 2.05) is 94.1 Å². The van der Waals surface area contributed by atoms with Crippen LogP contribution >= 0.6 is 94.1 Å². The van der Waals surface area contributed by atoms with Crippen LogP contribution in [0.2, 0.25) is 0 Å². The highest BCUT2D eigenvalue weighted by Crippen LogP contribution is 2.47. The van der Waals surface area contributed by atoms with Gasteiger partial charge in [-0.15, -0.1) is 94.1 Å². The number of aromatic nitrogens is 8. The van der Waals surface area contributed by atoms with Crippen molar-refractivity contribution in [2.45, 2.75) is 146 Å². The molecule has 0 spiro atoms. The Hall–Kier alpha value is -2.96. The number of hydrogen-bond acceptors (Lipinski definition) is 14. The Morgan fingerprint density at radius 1 is 0.264 bits per heavy atom. The van der Waals surface area contributed by atoms with Gasteiger partial charge in [0.05, 0.1) is 0 Å². The highest BCUT2D eigenvalue weighted by molar-refractivity contribution is 8.03. The minimum absolute atomic E-state index is 0.625. The molecule has 7 aromatic rings. The maximum atomic E-state index is 5.62. The molecule has 16 heteroatoms. The minimum Gasteiger partial charge on any atom is -0.324 e. The summed E-state index contributed by atoms with van der Waals surface area (Å²) in [5, 5.41) is 4.13. The van der Waals surface area contributed by atoms with E-state index in [-0.39, 0.29) is 0 Å². The monoisotopic (exact) mass is 1110 g/mol. The molecule has 2 aliphatic heterocycles. The van der Waals surface area contributed by atoms with Crippen LogP contribution < -0.4 is 0 Å². The van der Waals surface area contributed by atoms with E-state index >= 15 is 0 Å². The smallest absolute Gasteiger partial charge is 0.164 e. The van der Waals surface area contributed by atoms with Crippen LogP contribution in [0, 0.1) is 0 Å². The van der Waals surface area contributed by atoms with Crippen LogP contribution in [0.3, 0.4) is 0 Å².